The largest absolute Gasteiger partial charge is 0.330 e. The second kappa shape index (κ2) is 5.57. The number of benzene rings is 1. The maximum Gasteiger partial charge on any atom is 0.123 e. The van der Waals surface area contributed by atoms with E-state index in [2.05, 4.69) is 55.0 Å². The Bertz CT molecular complexity index is 587. The fourth-order valence-electron chi connectivity index (χ4n) is 3.69. The van der Waals surface area contributed by atoms with Crippen molar-refractivity contribution in [3.05, 3.63) is 30.1 Å². The van der Waals surface area contributed by atoms with Crippen molar-refractivity contribution in [1.29, 1.82) is 0 Å². The molecule has 2 aromatic rings. The van der Waals surface area contributed by atoms with Crippen LogP contribution >= 0.6 is 0 Å². The van der Waals surface area contributed by atoms with Gasteiger partial charge in [-0.2, -0.15) is 0 Å². The zero-order valence-electron chi connectivity index (χ0n) is 12.8. The molecule has 0 amide bonds. The molecule has 3 rings (SSSR count). The summed E-state index contributed by atoms with van der Waals surface area (Å²) in [5.41, 5.74) is 2.31. The van der Waals surface area contributed by atoms with Crippen molar-refractivity contribution in [1.82, 2.24) is 14.9 Å². The Balaban J connectivity index is 1.70. The minimum atomic E-state index is 0.653. The number of aryl methyl sites for hydroxylation is 1. The number of para-hydroxylation sites is 2. The third-order valence-corrected chi connectivity index (χ3v) is 5.15. The van der Waals surface area contributed by atoms with E-state index in [-0.39, 0.29) is 0 Å². The standard InChI is InChI=1S/C17H25N3/c1-4-13-9-10-14(12(13)2)18-11-17-19-15-7-5-6-8-16(15)20(17)3/h5-8,12-14,18H,4,9-11H2,1-3H3. The quantitative estimate of drug-likeness (QED) is 0.922. The van der Waals surface area contributed by atoms with Crippen LogP contribution in [-0.2, 0) is 13.6 Å². The fourth-order valence-corrected chi connectivity index (χ4v) is 3.69. The van der Waals surface area contributed by atoms with E-state index < -0.39 is 0 Å². The molecule has 1 aliphatic rings. The van der Waals surface area contributed by atoms with Crippen LogP contribution in [-0.4, -0.2) is 15.6 Å². The van der Waals surface area contributed by atoms with E-state index in [4.69, 9.17) is 4.98 Å². The van der Waals surface area contributed by atoms with Gasteiger partial charge in [0.1, 0.15) is 5.82 Å². The van der Waals surface area contributed by atoms with Crippen LogP contribution in [0.25, 0.3) is 11.0 Å². The van der Waals surface area contributed by atoms with E-state index in [0.29, 0.717) is 6.04 Å². The zero-order valence-corrected chi connectivity index (χ0v) is 12.8. The van der Waals surface area contributed by atoms with Gasteiger partial charge in [-0.15, -0.1) is 0 Å². The lowest BCUT2D eigenvalue weighted by Crippen LogP contribution is -2.33. The number of hydrogen-bond acceptors (Lipinski definition) is 2. The Hall–Kier alpha value is -1.35. The molecule has 108 valence electrons. The highest BCUT2D eigenvalue weighted by Gasteiger charge is 2.31. The number of fused-ring (bicyclic) bond motifs is 1. The molecule has 20 heavy (non-hydrogen) atoms. The van der Waals surface area contributed by atoms with Gasteiger partial charge in [0.2, 0.25) is 0 Å². The first-order chi connectivity index (χ1) is 9.70. The van der Waals surface area contributed by atoms with Crippen LogP contribution in [0.3, 0.4) is 0 Å². The van der Waals surface area contributed by atoms with E-state index >= 15 is 0 Å². The Morgan fingerprint density at radius 1 is 1.30 bits per heavy atom. The first-order valence-electron chi connectivity index (χ1n) is 7.84. The van der Waals surface area contributed by atoms with Crippen molar-refractivity contribution in [3.8, 4) is 0 Å². The number of nitrogens with zero attached hydrogens (tertiary/aromatic N) is 2. The fraction of sp³-hybridized carbons (Fsp3) is 0.588. The van der Waals surface area contributed by atoms with Gasteiger partial charge in [-0.25, -0.2) is 4.98 Å². The van der Waals surface area contributed by atoms with Gasteiger partial charge in [0.25, 0.3) is 0 Å². The molecule has 1 fully saturated rings. The van der Waals surface area contributed by atoms with Crippen LogP contribution in [0.4, 0.5) is 0 Å². The maximum absolute atomic E-state index is 4.74. The van der Waals surface area contributed by atoms with Crippen LogP contribution in [0.15, 0.2) is 24.3 Å². The van der Waals surface area contributed by atoms with E-state index in [1.54, 1.807) is 0 Å². The van der Waals surface area contributed by atoms with E-state index in [1.807, 2.05) is 0 Å². The average molecular weight is 271 g/mol. The van der Waals surface area contributed by atoms with E-state index in [9.17, 15) is 0 Å². The zero-order chi connectivity index (χ0) is 14.1. The lowest BCUT2D eigenvalue weighted by molar-refractivity contribution is 0.342. The van der Waals surface area contributed by atoms with Crippen LogP contribution in [0.5, 0.6) is 0 Å². The first kappa shape index (κ1) is 13.6. The van der Waals surface area contributed by atoms with Gasteiger partial charge >= 0.3 is 0 Å². The Morgan fingerprint density at radius 2 is 2.10 bits per heavy atom. The summed E-state index contributed by atoms with van der Waals surface area (Å²) in [6.45, 7) is 5.58. The van der Waals surface area contributed by atoms with Gasteiger partial charge < -0.3 is 9.88 Å². The molecule has 1 aromatic heterocycles. The van der Waals surface area contributed by atoms with Crippen LogP contribution < -0.4 is 5.32 Å². The normalized spacial score (nSPS) is 26.4. The van der Waals surface area contributed by atoms with Crippen molar-refractivity contribution < 1.29 is 0 Å². The summed E-state index contributed by atoms with van der Waals surface area (Å²) in [7, 11) is 2.11. The Morgan fingerprint density at radius 3 is 2.80 bits per heavy atom. The number of hydrogen-bond donors (Lipinski definition) is 1. The van der Waals surface area contributed by atoms with E-state index in [0.717, 1.165) is 29.7 Å². The second-order valence-corrected chi connectivity index (χ2v) is 6.17. The molecule has 0 aliphatic heterocycles. The molecule has 3 atom stereocenters. The summed E-state index contributed by atoms with van der Waals surface area (Å²) in [5, 5.41) is 3.73. The van der Waals surface area contributed by atoms with Crippen molar-refractivity contribution in [3.63, 3.8) is 0 Å². The average Bonchev–Trinajstić information content (AvgIpc) is 2.98. The van der Waals surface area contributed by atoms with Crippen LogP contribution in [0, 0.1) is 11.8 Å². The molecule has 1 saturated carbocycles. The maximum atomic E-state index is 4.74. The summed E-state index contributed by atoms with van der Waals surface area (Å²) in [5.74, 6) is 2.82. The summed E-state index contributed by atoms with van der Waals surface area (Å²) >= 11 is 0. The second-order valence-electron chi connectivity index (χ2n) is 6.17. The first-order valence-corrected chi connectivity index (χ1v) is 7.84. The van der Waals surface area contributed by atoms with Gasteiger partial charge in [-0.05, 0) is 36.8 Å². The van der Waals surface area contributed by atoms with Crippen molar-refractivity contribution in [2.45, 2.75) is 45.7 Å². The minimum Gasteiger partial charge on any atom is -0.330 e. The van der Waals surface area contributed by atoms with Gasteiger partial charge in [0.05, 0.1) is 17.6 Å². The highest BCUT2D eigenvalue weighted by Crippen LogP contribution is 2.34. The highest BCUT2D eigenvalue weighted by molar-refractivity contribution is 5.75. The molecule has 3 unspecified atom stereocenters. The summed E-state index contributed by atoms with van der Waals surface area (Å²) in [6, 6.07) is 9.00. The predicted octanol–water partition coefficient (Wildman–Crippen LogP) is 3.49. The molecular formula is C17H25N3. The molecule has 0 saturated heterocycles. The lowest BCUT2D eigenvalue weighted by Gasteiger charge is -2.20. The molecular weight excluding hydrogens is 246 g/mol. The molecule has 3 nitrogen and oxygen atoms in total. The van der Waals surface area contributed by atoms with Crippen molar-refractivity contribution >= 4 is 11.0 Å². The van der Waals surface area contributed by atoms with E-state index in [1.165, 1.54) is 24.8 Å². The monoisotopic (exact) mass is 271 g/mol. The third kappa shape index (κ3) is 2.35. The molecule has 0 bridgehead atoms. The van der Waals surface area contributed by atoms with Crippen molar-refractivity contribution in [2.75, 3.05) is 0 Å². The molecule has 1 N–H and O–H groups in total. The number of imidazole rings is 1. The number of aromatic nitrogens is 2. The van der Waals surface area contributed by atoms with Gasteiger partial charge in [0, 0.05) is 13.1 Å². The van der Waals surface area contributed by atoms with Gasteiger partial charge in [-0.3, -0.25) is 0 Å². The molecule has 0 radical (unpaired) electrons. The minimum absolute atomic E-state index is 0.653. The van der Waals surface area contributed by atoms with Crippen LogP contribution in [0.2, 0.25) is 0 Å². The molecule has 0 spiro atoms. The number of nitrogens with one attached hydrogen (secondary N) is 1. The SMILES string of the molecule is CCC1CCC(NCc2nc3ccccc3n2C)C1C. The number of rotatable bonds is 4. The Labute approximate surface area is 121 Å². The van der Waals surface area contributed by atoms with Crippen molar-refractivity contribution in [2.24, 2.45) is 18.9 Å². The molecule has 1 aromatic carbocycles. The smallest absolute Gasteiger partial charge is 0.123 e. The van der Waals surface area contributed by atoms with Crippen LogP contribution in [0.1, 0.15) is 38.9 Å². The molecule has 1 aliphatic carbocycles. The molecule has 3 heteroatoms. The molecule has 1 heterocycles. The summed E-state index contributed by atoms with van der Waals surface area (Å²) < 4.78 is 2.21. The predicted molar refractivity (Wildman–Crippen MR) is 83.5 cm³/mol. The van der Waals surface area contributed by atoms with Gasteiger partial charge in [-0.1, -0.05) is 32.4 Å². The summed E-state index contributed by atoms with van der Waals surface area (Å²) in [6.07, 6.45) is 3.99. The van der Waals surface area contributed by atoms with Gasteiger partial charge in [0.15, 0.2) is 0 Å². The third-order valence-electron chi connectivity index (χ3n) is 5.15. The Kier molecular flexibility index (Phi) is 3.79. The topological polar surface area (TPSA) is 29.9 Å². The summed E-state index contributed by atoms with van der Waals surface area (Å²) in [4.78, 5) is 4.74. The lowest BCUT2D eigenvalue weighted by atomic mass is 9.93. The highest BCUT2D eigenvalue weighted by atomic mass is 15.1.